The number of hydrogen-bond acceptors (Lipinski definition) is 2. The summed E-state index contributed by atoms with van der Waals surface area (Å²) in [4.78, 5) is 11.9. The summed E-state index contributed by atoms with van der Waals surface area (Å²) in [6.45, 7) is 4.53. The van der Waals surface area contributed by atoms with E-state index in [1.807, 2.05) is 31.2 Å². The van der Waals surface area contributed by atoms with Crippen LogP contribution in [0.5, 0.6) is 0 Å². The van der Waals surface area contributed by atoms with E-state index in [-0.39, 0.29) is 11.7 Å². The van der Waals surface area contributed by atoms with Crippen LogP contribution in [0.15, 0.2) is 24.3 Å². The van der Waals surface area contributed by atoms with Gasteiger partial charge in [0.1, 0.15) is 0 Å². The van der Waals surface area contributed by atoms with E-state index >= 15 is 0 Å². The maximum absolute atomic E-state index is 11.9. The van der Waals surface area contributed by atoms with E-state index in [9.17, 15) is 4.79 Å². The second-order valence-corrected chi connectivity index (χ2v) is 3.76. The van der Waals surface area contributed by atoms with Crippen LogP contribution in [0.3, 0.4) is 0 Å². The Hall–Kier alpha value is -1.15. The average Bonchev–Trinajstić information content (AvgIpc) is 2.30. The molecule has 1 rings (SSSR count). The molecule has 0 aliphatic carbocycles. The number of nitrogens with two attached hydrogens (primary N) is 1. The van der Waals surface area contributed by atoms with E-state index in [4.69, 9.17) is 5.73 Å². The highest BCUT2D eigenvalue weighted by Crippen LogP contribution is 2.12. The third-order valence-corrected chi connectivity index (χ3v) is 2.79. The molecule has 15 heavy (non-hydrogen) atoms. The van der Waals surface area contributed by atoms with Crippen molar-refractivity contribution in [2.75, 3.05) is 6.54 Å². The molecule has 2 N–H and O–H groups in total. The fourth-order valence-corrected chi connectivity index (χ4v) is 1.60. The van der Waals surface area contributed by atoms with Crippen LogP contribution in [0.1, 0.15) is 36.2 Å². The number of Topliss-reactive ketones (excluding diaryl/α,β-unsaturated/α-hetero) is 1. The molecule has 1 aromatic carbocycles. The molecular weight excluding hydrogens is 186 g/mol. The van der Waals surface area contributed by atoms with Gasteiger partial charge >= 0.3 is 0 Å². The highest BCUT2D eigenvalue weighted by Gasteiger charge is 2.15. The second kappa shape index (κ2) is 5.66. The van der Waals surface area contributed by atoms with Gasteiger partial charge in [0.15, 0.2) is 5.78 Å². The van der Waals surface area contributed by atoms with Crippen LogP contribution in [-0.4, -0.2) is 12.3 Å². The Labute approximate surface area is 91.5 Å². The molecule has 0 saturated carbocycles. The van der Waals surface area contributed by atoms with E-state index in [2.05, 4.69) is 6.92 Å². The second-order valence-electron chi connectivity index (χ2n) is 3.76. The lowest BCUT2D eigenvalue weighted by molar-refractivity contribution is 0.0921. The molecule has 2 nitrogen and oxygen atoms in total. The van der Waals surface area contributed by atoms with Crippen molar-refractivity contribution in [1.82, 2.24) is 0 Å². The zero-order valence-electron chi connectivity index (χ0n) is 9.49. The van der Waals surface area contributed by atoms with Gasteiger partial charge in [-0.3, -0.25) is 4.79 Å². The summed E-state index contributed by atoms with van der Waals surface area (Å²) in [6.07, 6.45) is 1.81. The quantitative estimate of drug-likeness (QED) is 0.750. The number of benzene rings is 1. The van der Waals surface area contributed by atoms with Crippen LogP contribution in [0.4, 0.5) is 0 Å². The van der Waals surface area contributed by atoms with Gasteiger partial charge in [-0.25, -0.2) is 0 Å². The lowest BCUT2D eigenvalue weighted by Crippen LogP contribution is -2.23. The summed E-state index contributed by atoms with van der Waals surface area (Å²) in [7, 11) is 0. The van der Waals surface area contributed by atoms with Crippen LogP contribution in [0.2, 0.25) is 0 Å². The highest BCUT2D eigenvalue weighted by molar-refractivity contribution is 5.97. The van der Waals surface area contributed by atoms with Crippen molar-refractivity contribution in [3.05, 3.63) is 35.4 Å². The summed E-state index contributed by atoms with van der Waals surface area (Å²) in [5.41, 5.74) is 7.60. The first kappa shape index (κ1) is 11.9. The first-order valence-electron chi connectivity index (χ1n) is 5.56. The van der Waals surface area contributed by atoms with Crippen LogP contribution in [0.25, 0.3) is 0 Å². The number of carbonyl (C=O) groups is 1. The summed E-state index contributed by atoms with van der Waals surface area (Å²) < 4.78 is 0. The Bertz CT molecular complexity index is 312. The number of rotatable bonds is 5. The SMILES string of the molecule is CCc1ccc(C(=O)C(CC)CN)cc1. The van der Waals surface area contributed by atoms with Crippen molar-refractivity contribution < 1.29 is 4.79 Å². The Morgan fingerprint density at radius 2 is 1.87 bits per heavy atom. The predicted molar refractivity (Wildman–Crippen MR) is 63.0 cm³/mol. The number of carbonyl (C=O) groups excluding carboxylic acids is 1. The van der Waals surface area contributed by atoms with Gasteiger partial charge in [-0.05, 0) is 18.4 Å². The number of aryl methyl sites for hydroxylation is 1. The zero-order valence-corrected chi connectivity index (χ0v) is 9.49. The molecular formula is C13H19NO. The lowest BCUT2D eigenvalue weighted by atomic mass is 9.95. The normalized spacial score (nSPS) is 12.5. The van der Waals surface area contributed by atoms with Crippen LogP contribution in [0, 0.1) is 5.92 Å². The molecule has 1 aromatic rings. The topological polar surface area (TPSA) is 43.1 Å². The molecule has 0 aliphatic rings. The summed E-state index contributed by atoms with van der Waals surface area (Å²) in [5.74, 6) is 0.139. The molecule has 2 heteroatoms. The van der Waals surface area contributed by atoms with Crippen LogP contribution in [-0.2, 0) is 6.42 Å². The largest absolute Gasteiger partial charge is 0.330 e. The molecule has 0 fully saturated rings. The minimum Gasteiger partial charge on any atom is -0.330 e. The Balaban J connectivity index is 2.82. The molecule has 1 atom stereocenters. The van der Waals surface area contributed by atoms with Crippen molar-refractivity contribution in [3.8, 4) is 0 Å². The van der Waals surface area contributed by atoms with Gasteiger partial charge < -0.3 is 5.73 Å². The van der Waals surface area contributed by atoms with Gasteiger partial charge in [-0.15, -0.1) is 0 Å². The Morgan fingerprint density at radius 3 is 2.27 bits per heavy atom. The molecule has 0 amide bonds. The molecule has 0 aromatic heterocycles. The van der Waals surface area contributed by atoms with Crippen LogP contribution >= 0.6 is 0 Å². The Kier molecular flexibility index (Phi) is 4.50. The number of ketones is 1. The minimum absolute atomic E-state index is 0.0301. The average molecular weight is 205 g/mol. The first-order valence-corrected chi connectivity index (χ1v) is 5.56. The van der Waals surface area contributed by atoms with Gasteiger partial charge in [-0.1, -0.05) is 38.1 Å². The van der Waals surface area contributed by atoms with Gasteiger partial charge in [0.25, 0.3) is 0 Å². The maximum Gasteiger partial charge on any atom is 0.167 e. The van der Waals surface area contributed by atoms with Crippen molar-refractivity contribution >= 4 is 5.78 Å². The van der Waals surface area contributed by atoms with E-state index in [1.54, 1.807) is 0 Å². The standard InChI is InChI=1S/C13H19NO/c1-3-10-5-7-12(8-6-10)13(15)11(4-2)9-14/h5-8,11H,3-4,9,14H2,1-2H3. The molecule has 0 spiro atoms. The number of hydrogen-bond donors (Lipinski definition) is 1. The molecule has 82 valence electrons. The fourth-order valence-electron chi connectivity index (χ4n) is 1.60. The van der Waals surface area contributed by atoms with Crippen LogP contribution < -0.4 is 5.73 Å². The van der Waals surface area contributed by atoms with Gasteiger partial charge in [0.05, 0.1) is 0 Å². The van der Waals surface area contributed by atoms with E-state index in [0.29, 0.717) is 6.54 Å². The van der Waals surface area contributed by atoms with Crippen molar-refractivity contribution in [2.45, 2.75) is 26.7 Å². The summed E-state index contributed by atoms with van der Waals surface area (Å²) >= 11 is 0. The summed E-state index contributed by atoms with van der Waals surface area (Å²) in [6, 6.07) is 7.83. The third-order valence-electron chi connectivity index (χ3n) is 2.79. The monoisotopic (exact) mass is 205 g/mol. The lowest BCUT2D eigenvalue weighted by Gasteiger charge is -2.10. The first-order chi connectivity index (χ1) is 7.22. The molecule has 0 saturated heterocycles. The fraction of sp³-hybridized carbons (Fsp3) is 0.462. The van der Waals surface area contributed by atoms with E-state index in [1.165, 1.54) is 5.56 Å². The van der Waals surface area contributed by atoms with Gasteiger partial charge in [-0.2, -0.15) is 0 Å². The van der Waals surface area contributed by atoms with Gasteiger partial charge in [0, 0.05) is 18.0 Å². The molecule has 0 bridgehead atoms. The van der Waals surface area contributed by atoms with Crippen molar-refractivity contribution in [2.24, 2.45) is 11.7 Å². The highest BCUT2D eigenvalue weighted by atomic mass is 16.1. The van der Waals surface area contributed by atoms with Gasteiger partial charge in [0.2, 0.25) is 0 Å². The van der Waals surface area contributed by atoms with E-state index in [0.717, 1.165) is 18.4 Å². The Morgan fingerprint density at radius 1 is 1.27 bits per heavy atom. The molecule has 1 unspecified atom stereocenters. The maximum atomic E-state index is 11.9. The van der Waals surface area contributed by atoms with E-state index < -0.39 is 0 Å². The molecule has 0 heterocycles. The zero-order chi connectivity index (χ0) is 11.3. The van der Waals surface area contributed by atoms with Crippen molar-refractivity contribution in [1.29, 1.82) is 0 Å². The molecule has 0 radical (unpaired) electrons. The minimum atomic E-state index is -0.0301. The third kappa shape index (κ3) is 2.90. The smallest absolute Gasteiger partial charge is 0.167 e. The summed E-state index contributed by atoms with van der Waals surface area (Å²) in [5, 5.41) is 0. The predicted octanol–water partition coefficient (Wildman–Crippen LogP) is 2.42. The van der Waals surface area contributed by atoms with Crippen molar-refractivity contribution in [3.63, 3.8) is 0 Å². The molecule has 0 aliphatic heterocycles.